The minimum absolute atomic E-state index is 0.0105. The van der Waals surface area contributed by atoms with E-state index in [4.69, 9.17) is 38.7 Å². The number of hydrogen-bond donors (Lipinski definition) is 3. The molecule has 2 heterocycles. The summed E-state index contributed by atoms with van der Waals surface area (Å²) in [6, 6.07) is 2.79. The summed E-state index contributed by atoms with van der Waals surface area (Å²) >= 11 is 0. The van der Waals surface area contributed by atoms with Gasteiger partial charge in [-0.15, -0.1) is 0 Å². The Morgan fingerprint density at radius 2 is 1.64 bits per heavy atom. The first kappa shape index (κ1) is 45.5. The molecule has 6 rings (SSSR count). The quantitative estimate of drug-likeness (QED) is 0.0833. The second-order valence-corrected chi connectivity index (χ2v) is 20.1. The third-order valence-corrected chi connectivity index (χ3v) is 11.6. The maximum atomic E-state index is 13.4. The molecule has 1 aromatic rings. The number of likely N-dealkylation sites (tertiary alicyclic amines) is 1. The van der Waals surface area contributed by atoms with Crippen LogP contribution in [0.15, 0.2) is 12.1 Å². The highest BCUT2D eigenvalue weighted by molar-refractivity contribution is 6.45. The van der Waals surface area contributed by atoms with E-state index >= 15 is 0 Å². The molecule has 3 amide bonds. The standard InChI is InChI=1S/C42H66BN3O12/c1-38(2,3)54-35(49)33-28(52-27-22-46(23-27)32(48)21-26(14-16-31(44)47)45-36(50)55-39(4,5)6)15-13-24(34(33)53-37(51)56-40(7,8)9)17-18-43-57-30-20-25-19-29(41(25,10)11)42(30,12)58-43/h13,15,25-27,29-30,35,49H,14,16-23H2,1-12H3,(H2,44,47)(H,45,50)/t25-,26-,29-,30+,35?,42-/m0/s1. The van der Waals surface area contributed by atoms with E-state index in [1.165, 1.54) is 0 Å². The van der Waals surface area contributed by atoms with Crippen LogP contribution in [-0.2, 0) is 39.5 Å². The van der Waals surface area contributed by atoms with E-state index in [2.05, 4.69) is 26.1 Å². The molecule has 1 aromatic carbocycles. The van der Waals surface area contributed by atoms with Crippen LogP contribution in [0.2, 0.25) is 6.32 Å². The van der Waals surface area contributed by atoms with Gasteiger partial charge in [0, 0.05) is 18.9 Å². The average molecular weight is 816 g/mol. The molecule has 1 unspecified atom stereocenters. The Labute approximate surface area is 343 Å². The number of aliphatic hydroxyl groups is 1. The molecule has 0 spiro atoms. The minimum Gasteiger partial charge on any atom is -0.486 e. The Kier molecular flexibility index (Phi) is 13.2. The lowest BCUT2D eigenvalue weighted by Gasteiger charge is -2.64. The van der Waals surface area contributed by atoms with Gasteiger partial charge in [-0.3, -0.25) is 9.59 Å². The highest BCUT2D eigenvalue weighted by Gasteiger charge is 2.67. The van der Waals surface area contributed by atoms with Crippen molar-refractivity contribution in [2.45, 2.75) is 175 Å². The normalized spacial score (nSPS) is 25.1. The van der Waals surface area contributed by atoms with Gasteiger partial charge in [0.2, 0.25) is 11.8 Å². The van der Waals surface area contributed by atoms with E-state index in [0.29, 0.717) is 30.1 Å². The maximum Gasteiger partial charge on any atom is 0.514 e. The fourth-order valence-corrected chi connectivity index (χ4v) is 8.63. The summed E-state index contributed by atoms with van der Waals surface area (Å²) in [4.78, 5) is 52.2. The van der Waals surface area contributed by atoms with Crippen LogP contribution in [0.1, 0.15) is 133 Å². The molecular weight excluding hydrogens is 749 g/mol. The van der Waals surface area contributed by atoms with Crippen molar-refractivity contribution in [2.75, 3.05) is 13.1 Å². The summed E-state index contributed by atoms with van der Waals surface area (Å²) in [6.07, 6.45) is -0.741. The molecule has 15 nitrogen and oxygen atoms in total. The number of nitrogens with zero attached hydrogens (tertiary/aromatic N) is 1. The number of carbonyl (C=O) groups excluding carboxylic acids is 4. The van der Waals surface area contributed by atoms with E-state index in [1.807, 2.05) is 0 Å². The maximum absolute atomic E-state index is 13.4. The topological polar surface area (TPSA) is 194 Å². The van der Waals surface area contributed by atoms with Crippen LogP contribution in [0, 0.1) is 17.3 Å². The van der Waals surface area contributed by atoms with Crippen molar-refractivity contribution in [2.24, 2.45) is 23.0 Å². The number of primary amides is 1. The Morgan fingerprint density at radius 1 is 0.983 bits per heavy atom. The number of benzene rings is 1. The first-order chi connectivity index (χ1) is 26.6. The van der Waals surface area contributed by atoms with Crippen molar-refractivity contribution in [3.63, 3.8) is 0 Å². The molecule has 3 aliphatic carbocycles. The highest BCUT2D eigenvalue weighted by atomic mass is 16.7. The smallest absolute Gasteiger partial charge is 0.486 e. The molecule has 3 saturated carbocycles. The first-order valence-electron chi connectivity index (χ1n) is 20.6. The van der Waals surface area contributed by atoms with Crippen molar-refractivity contribution in [1.82, 2.24) is 10.2 Å². The Hall–Kier alpha value is -3.60. The fourth-order valence-electron chi connectivity index (χ4n) is 8.63. The number of nitrogens with one attached hydrogen (secondary N) is 1. The molecule has 16 heteroatoms. The van der Waals surface area contributed by atoms with Crippen LogP contribution in [0.3, 0.4) is 0 Å². The lowest BCUT2D eigenvalue weighted by molar-refractivity contribution is -0.199. The zero-order valence-electron chi connectivity index (χ0n) is 36.5. The predicted octanol–water partition coefficient (Wildman–Crippen LogP) is 6.22. The van der Waals surface area contributed by atoms with Gasteiger partial charge in [0.05, 0.1) is 36.0 Å². The van der Waals surface area contributed by atoms with E-state index in [0.717, 1.165) is 12.8 Å². The summed E-state index contributed by atoms with van der Waals surface area (Å²) in [5, 5.41) is 14.4. The van der Waals surface area contributed by atoms with Crippen LogP contribution in [0.5, 0.6) is 11.5 Å². The van der Waals surface area contributed by atoms with Gasteiger partial charge < -0.3 is 54.0 Å². The van der Waals surface area contributed by atoms with E-state index in [9.17, 15) is 24.3 Å². The largest absolute Gasteiger partial charge is 0.514 e. The minimum atomic E-state index is -1.58. The van der Waals surface area contributed by atoms with Gasteiger partial charge >= 0.3 is 19.4 Å². The van der Waals surface area contributed by atoms with Crippen LogP contribution in [0.4, 0.5) is 9.59 Å². The van der Waals surface area contributed by atoms with Gasteiger partial charge in [-0.05, 0) is 130 Å². The third-order valence-electron chi connectivity index (χ3n) is 11.6. The van der Waals surface area contributed by atoms with Crippen LogP contribution >= 0.6 is 0 Å². The predicted molar refractivity (Wildman–Crippen MR) is 215 cm³/mol. The lowest BCUT2D eigenvalue weighted by atomic mass is 9.43. The highest BCUT2D eigenvalue weighted by Crippen LogP contribution is 2.65. The first-order valence-corrected chi connectivity index (χ1v) is 20.6. The molecule has 5 fully saturated rings. The van der Waals surface area contributed by atoms with Crippen LogP contribution in [0.25, 0.3) is 0 Å². The van der Waals surface area contributed by atoms with Crippen molar-refractivity contribution in [3.8, 4) is 11.5 Å². The summed E-state index contributed by atoms with van der Waals surface area (Å²) in [7, 11) is -0.470. The molecular formula is C42H66BN3O12. The number of hydrogen-bond acceptors (Lipinski definition) is 12. The van der Waals surface area contributed by atoms with Crippen molar-refractivity contribution >= 4 is 31.2 Å². The molecule has 2 aliphatic heterocycles. The number of rotatable bonds is 14. The second-order valence-electron chi connectivity index (χ2n) is 20.1. The molecule has 5 aliphatic rings. The van der Waals surface area contributed by atoms with E-state index < -0.39 is 60.5 Å². The number of nitrogens with two attached hydrogens (primary N) is 1. The van der Waals surface area contributed by atoms with E-state index in [1.54, 1.807) is 79.3 Å². The van der Waals surface area contributed by atoms with Gasteiger partial charge in [0.15, 0.2) is 6.29 Å². The van der Waals surface area contributed by atoms with Gasteiger partial charge in [-0.1, -0.05) is 19.9 Å². The number of carbonyl (C=O) groups is 4. The molecule has 0 aromatic heterocycles. The molecule has 6 atom stereocenters. The SMILES string of the molecule is CC(C)(C)OC(=O)N[C@@H](CCC(N)=O)CC(=O)N1CC(Oc2ccc(CCB3O[C@@H]4C[C@@H]5C[C@@H](C5(C)C)[C@]4(C)O3)c(OC(=O)OC(C)(C)C)c2C(O)OC(C)(C)C)C1. The molecule has 324 valence electrons. The van der Waals surface area contributed by atoms with Crippen molar-refractivity contribution < 1.29 is 57.3 Å². The zero-order valence-corrected chi connectivity index (χ0v) is 36.5. The van der Waals surface area contributed by atoms with Gasteiger partial charge in [-0.25, -0.2) is 9.59 Å². The summed E-state index contributed by atoms with van der Waals surface area (Å²) < 4.78 is 42.4. The van der Waals surface area contributed by atoms with Crippen molar-refractivity contribution in [3.05, 3.63) is 23.3 Å². The Bertz CT molecular complexity index is 1700. The zero-order chi connectivity index (χ0) is 43.2. The van der Waals surface area contributed by atoms with Crippen LogP contribution in [-0.4, -0.2) is 94.9 Å². The number of aliphatic hydroxyl groups excluding tert-OH is 1. The number of ether oxygens (including phenoxy) is 5. The lowest BCUT2D eigenvalue weighted by Crippen LogP contribution is -2.65. The number of aryl methyl sites for hydroxylation is 1. The number of amides is 3. The molecule has 2 saturated heterocycles. The van der Waals surface area contributed by atoms with Crippen molar-refractivity contribution in [1.29, 1.82) is 0 Å². The Morgan fingerprint density at radius 3 is 2.22 bits per heavy atom. The monoisotopic (exact) mass is 815 g/mol. The van der Waals surface area contributed by atoms with E-state index in [-0.39, 0.29) is 72.4 Å². The molecule has 2 bridgehead atoms. The third kappa shape index (κ3) is 11.2. The summed E-state index contributed by atoms with van der Waals surface area (Å²) in [6.45, 7) is 22.9. The molecule has 0 radical (unpaired) electrons. The summed E-state index contributed by atoms with van der Waals surface area (Å²) in [5.41, 5.74) is 3.45. The second kappa shape index (κ2) is 16.8. The van der Waals surface area contributed by atoms with Gasteiger partial charge in [0.1, 0.15) is 28.8 Å². The molecule has 4 N–H and O–H groups in total. The fraction of sp³-hybridized carbons (Fsp3) is 0.762. The van der Waals surface area contributed by atoms with Gasteiger partial charge in [0.25, 0.3) is 0 Å². The Balaban J connectivity index is 1.34. The number of alkyl carbamates (subject to hydrolysis) is 1. The summed E-state index contributed by atoms with van der Waals surface area (Å²) in [5.74, 6) is 0.447. The average Bonchev–Trinajstić information content (AvgIpc) is 3.37. The van der Waals surface area contributed by atoms with Crippen LogP contribution < -0.4 is 20.5 Å². The molecule has 58 heavy (non-hydrogen) atoms. The van der Waals surface area contributed by atoms with Gasteiger partial charge in [-0.2, -0.15) is 0 Å².